The monoisotopic (exact) mass is 489 g/mol. The lowest BCUT2D eigenvalue weighted by atomic mass is 10.1. The molecular weight excluding hydrogens is 454 g/mol. The molecule has 1 unspecified atom stereocenters. The summed E-state index contributed by atoms with van der Waals surface area (Å²) in [5.41, 5.74) is 4.32. The van der Waals surface area contributed by atoms with Crippen LogP contribution in [0.4, 0.5) is 5.82 Å². The molecule has 1 fully saturated rings. The Hall–Kier alpha value is -3.42. The quantitative estimate of drug-likeness (QED) is 0.374. The van der Waals surface area contributed by atoms with Gasteiger partial charge >= 0.3 is 5.97 Å². The van der Waals surface area contributed by atoms with Crippen LogP contribution in [0.3, 0.4) is 0 Å². The maximum Gasteiger partial charge on any atom is 0.308 e. The zero-order chi connectivity index (χ0) is 24.7. The van der Waals surface area contributed by atoms with Gasteiger partial charge in [0.25, 0.3) is 0 Å². The summed E-state index contributed by atoms with van der Waals surface area (Å²) in [5, 5.41) is 8.22. The fourth-order valence-electron chi connectivity index (χ4n) is 4.55. The number of aromatic nitrogens is 4. The van der Waals surface area contributed by atoms with Crippen LogP contribution < -0.4 is 10.1 Å². The van der Waals surface area contributed by atoms with Gasteiger partial charge in [0.1, 0.15) is 5.82 Å². The molecule has 1 aliphatic heterocycles. The second kappa shape index (κ2) is 11.5. The van der Waals surface area contributed by atoms with Crippen molar-refractivity contribution in [1.82, 2.24) is 19.7 Å². The molecule has 0 radical (unpaired) electrons. The molecule has 190 valence electrons. The molecule has 1 aliphatic carbocycles. The number of pyridine rings is 2. The van der Waals surface area contributed by atoms with Crippen LogP contribution in [0, 0.1) is 5.92 Å². The van der Waals surface area contributed by atoms with Gasteiger partial charge in [-0.3, -0.25) is 9.48 Å². The topological polar surface area (TPSA) is 91.2 Å². The van der Waals surface area contributed by atoms with Crippen LogP contribution in [0.15, 0.2) is 42.7 Å². The van der Waals surface area contributed by atoms with Crippen molar-refractivity contribution in [2.24, 2.45) is 5.92 Å². The highest BCUT2D eigenvalue weighted by Crippen LogP contribution is 2.30. The molecule has 2 aliphatic rings. The fourth-order valence-corrected chi connectivity index (χ4v) is 4.55. The molecule has 1 N–H and O–H groups in total. The van der Waals surface area contributed by atoms with Gasteiger partial charge in [0.05, 0.1) is 31.4 Å². The van der Waals surface area contributed by atoms with E-state index in [1.54, 1.807) is 6.20 Å². The van der Waals surface area contributed by atoms with Crippen molar-refractivity contribution in [2.75, 3.05) is 25.1 Å². The van der Waals surface area contributed by atoms with Gasteiger partial charge in [-0.15, -0.1) is 0 Å². The Morgan fingerprint density at radius 1 is 1.17 bits per heavy atom. The zero-order valence-corrected chi connectivity index (χ0v) is 21.0. The molecule has 0 bridgehead atoms. The lowest BCUT2D eigenvalue weighted by molar-refractivity contribution is -0.143. The molecule has 0 aromatic carbocycles. The van der Waals surface area contributed by atoms with Crippen molar-refractivity contribution in [3.8, 4) is 5.88 Å². The van der Waals surface area contributed by atoms with Crippen LogP contribution in [-0.4, -0.2) is 45.5 Å². The summed E-state index contributed by atoms with van der Waals surface area (Å²) in [7, 11) is 0. The van der Waals surface area contributed by atoms with E-state index in [-0.39, 0.29) is 18.4 Å². The van der Waals surface area contributed by atoms with E-state index in [1.165, 1.54) is 24.8 Å². The first kappa shape index (κ1) is 24.3. The van der Waals surface area contributed by atoms with Crippen LogP contribution in [-0.2, 0) is 28.8 Å². The van der Waals surface area contributed by atoms with Gasteiger partial charge < -0.3 is 14.8 Å². The summed E-state index contributed by atoms with van der Waals surface area (Å²) in [6.07, 6.45) is 11.4. The number of aryl methyl sites for hydroxylation is 3. The van der Waals surface area contributed by atoms with Gasteiger partial charge in [-0.2, -0.15) is 5.10 Å². The van der Waals surface area contributed by atoms with Gasteiger partial charge in [-0.1, -0.05) is 6.07 Å². The van der Waals surface area contributed by atoms with Gasteiger partial charge in [0, 0.05) is 30.7 Å². The molecule has 5 rings (SSSR count). The Labute approximate surface area is 212 Å². The number of esters is 1. The highest BCUT2D eigenvalue weighted by Gasteiger charge is 2.23. The molecule has 1 atom stereocenters. The van der Waals surface area contributed by atoms with Gasteiger partial charge in [0.15, 0.2) is 0 Å². The zero-order valence-electron chi connectivity index (χ0n) is 21.0. The first-order valence-corrected chi connectivity index (χ1v) is 13.2. The number of fused-ring (bicyclic) bond motifs is 1. The van der Waals surface area contributed by atoms with Crippen LogP contribution >= 0.6 is 0 Å². The van der Waals surface area contributed by atoms with Crippen LogP contribution in [0.5, 0.6) is 5.88 Å². The van der Waals surface area contributed by atoms with Gasteiger partial charge in [0.2, 0.25) is 5.88 Å². The fraction of sp³-hybridized carbons (Fsp3) is 0.500. The molecule has 36 heavy (non-hydrogen) atoms. The predicted molar refractivity (Wildman–Crippen MR) is 137 cm³/mol. The lowest BCUT2D eigenvalue weighted by Gasteiger charge is -2.18. The van der Waals surface area contributed by atoms with Gasteiger partial charge in [-0.05, 0) is 87.1 Å². The minimum absolute atomic E-state index is 0.199. The molecule has 8 nitrogen and oxygen atoms in total. The standard InChI is InChI=1S/C28H35N5O3/c1-2-35-27(34)17-25(22-11-13-26(30-18-22)36-19-20-8-9-20)33-16-14-24(32-33)7-3-6-23-12-10-21-5-4-15-29-28(21)31-23/h10-14,16,18,20,25H,2-9,15,17,19H2,1H3,(H,29,31). The summed E-state index contributed by atoms with van der Waals surface area (Å²) in [5.74, 6) is 2.08. The smallest absolute Gasteiger partial charge is 0.308 e. The summed E-state index contributed by atoms with van der Waals surface area (Å²) in [6, 6.07) is 9.94. The number of carbonyl (C=O) groups excluding carboxylic acids is 1. The highest BCUT2D eigenvalue weighted by atomic mass is 16.5. The maximum atomic E-state index is 12.4. The summed E-state index contributed by atoms with van der Waals surface area (Å²) < 4.78 is 12.9. The molecule has 0 amide bonds. The Kier molecular flexibility index (Phi) is 7.79. The number of nitrogens with zero attached hydrogens (tertiary/aromatic N) is 4. The number of hydrogen-bond acceptors (Lipinski definition) is 7. The van der Waals surface area contributed by atoms with E-state index in [4.69, 9.17) is 19.6 Å². The third-order valence-electron chi connectivity index (χ3n) is 6.77. The largest absolute Gasteiger partial charge is 0.477 e. The first-order valence-electron chi connectivity index (χ1n) is 13.2. The Morgan fingerprint density at radius 3 is 2.86 bits per heavy atom. The SMILES string of the molecule is CCOC(=O)CC(c1ccc(OCC2CC2)nc1)n1ccc(CCCc2ccc3c(n2)NCCC3)n1. The molecular formula is C28H35N5O3. The van der Waals surface area contributed by atoms with Crippen molar-refractivity contribution in [3.05, 3.63) is 65.2 Å². The molecule has 3 aromatic rings. The van der Waals surface area contributed by atoms with Crippen molar-refractivity contribution < 1.29 is 14.3 Å². The third-order valence-corrected chi connectivity index (χ3v) is 6.77. The summed E-state index contributed by atoms with van der Waals surface area (Å²) >= 11 is 0. The van der Waals surface area contributed by atoms with E-state index in [1.807, 2.05) is 36.0 Å². The second-order valence-electron chi connectivity index (χ2n) is 9.69. The highest BCUT2D eigenvalue weighted by molar-refractivity contribution is 5.70. The van der Waals surface area contributed by atoms with E-state index in [0.717, 1.165) is 61.6 Å². The van der Waals surface area contributed by atoms with Crippen molar-refractivity contribution >= 4 is 11.8 Å². The molecule has 0 spiro atoms. The predicted octanol–water partition coefficient (Wildman–Crippen LogP) is 4.54. The van der Waals surface area contributed by atoms with E-state index in [2.05, 4.69) is 22.4 Å². The molecule has 8 heteroatoms. The van der Waals surface area contributed by atoms with E-state index >= 15 is 0 Å². The average molecular weight is 490 g/mol. The maximum absolute atomic E-state index is 12.4. The number of anilines is 1. The molecule has 1 saturated carbocycles. The third kappa shape index (κ3) is 6.42. The minimum Gasteiger partial charge on any atom is -0.477 e. The van der Waals surface area contributed by atoms with Gasteiger partial charge in [-0.25, -0.2) is 9.97 Å². The average Bonchev–Trinajstić information content (AvgIpc) is 3.62. The second-order valence-corrected chi connectivity index (χ2v) is 9.69. The molecule has 3 aromatic heterocycles. The number of nitrogens with one attached hydrogen (secondary N) is 1. The van der Waals surface area contributed by atoms with Crippen LogP contribution in [0.25, 0.3) is 0 Å². The Morgan fingerprint density at radius 2 is 2.06 bits per heavy atom. The van der Waals surface area contributed by atoms with E-state index in [0.29, 0.717) is 18.4 Å². The lowest BCUT2D eigenvalue weighted by Crippen LogP contribution is -2.18. The van der Waals surface area contributed by atoms with Crippen molar-refractivity contribution in [3.63, 3.8) is 0 Å². The number of hydrogen-bond donors (Lipinski definition) is 1. The number of ether oxygens (including phenoxy) is 2. The normalized spacial score (nSPS) is 15.6. The van der Waals surface area contributed by atoms with Crippen molar-refractivity contribution in [1.29, 1.82) is 0 Å². The van der Waals surface area contributed by atoms with Crippen LogP contribution in [0.1, 0.15) is 67.6 Å². The Balaban J connectivity index is 1.22. The van der Waals surface area contributed by atoms with Crippen LogP contribution in [0.2, 0.25) is 0 Å². The van der Waals surface area contributed by atoms with Crippen molar-refractivity contribution in [2.45, 2.75) is 64.3 Å². The minimum atomic E-state index is -0.281. The van der Waals surface area contributed by atoms with E-state index in [9.17, 15) is 4.79 Å². The first-order chi connectivity index (χ1) is 17.7. The van der Waals surface area contributed by atoms with E-state index < -0.39 is 0 Å². The summed E-state index contributed by atoms with van der Waals surface area (Å²) in [6.45, 7) is 3.90. The molecule has 0 saturated heterocycles. The summed E-state index contributed by atoms with van der Waals surface area (Å²) in [4.78, 5) is 21.6. The molecule has 4 heterocycles. The Bertz CT molecular complexity index is 1160. The number of carbonyl (C=O) groups is 1. The number of rotatable bonds is 12.